The van der Waals surface area contributed by atoms with Gasteiger partial charge in [-0.2, -0.15) is 0 Å². The monoisotopic (exact) mass is 296 g/mol. The number of nitrogens with one attached hydrogen (secondary N) is 2. The zero-order valence-corrected chi connectivity index (χ0v) is 12.8. The molecular weight excluding hydrogens is 276 g/mol. The first-order valence-corrected chi connectivity index (χ1v) is 7.60. The van der Waals surface area contributed by atoms with Gasteiger partial charge < -0.3 is 10.6 Å². The van der Waals surface area contributed by atoms with Crippen molar-refractivity contribution < 1.29 is 9.59 Å². The Labute approximate surface area is 122 Å². The molecule has 1 aromatic rings. The van der Waals surface area contributed by atoms with Crippen molar-refractivity contribution in [2.75, 3.05) is 18.0 Å². The molecule has 0 spiro atoms. The Morgan fingerprint density at radius 3 is 2.95 bits per heavy atom. The summed E-state index contributed by atoms with van der Waals surface area (Å²) in [5.74, 6) is -0.0421. The fourth-order valence-corrected chi connectivity index (χ4v) is 2.68. The summed E-state index contributed by atoms with van der Waals surface area (Å²) >= 11 is 1.39. The second kappa shape index (κ2) is 5.78. The van der Waals surface area contributed by atoms with Gasteiger partial charge in [-0.05, 0) is 20.3 Å². The number of carbonyl (C=O) groups is 2. The van der Waals surface area contributed by atoms with E-state index in [0.29, 0.717) is 23.9 Å². The average Bonchev–Trinajstić information content (AvgIpc) is 2.97. The summed E-state index contributed by atoms with van der Waals surface area (Å²) in [6.07, 6.45) is 1.12. The molecular formula is C13H20N4O2S. The van der Waals surface area contributed by atoms with Crippen LogP contribution in [-0.4, -0.2) is 35.6 Å². The van der Waals surface area contributed by atoms with Crippen LogP contribution < -0.4 is 15.5 Å². The SMILES string of the molecule is CCC(C)(C)NC(=O)Cc1csc(N2CCNC2=O)n1. The van der Waals surface area contributed by atoms with Gasteiger partial charge in [0, 0.05) is 24.0 Å². The van der Waals surface area contributed by atoms with Crippen LogP contribution >= 0.6 is 11.3 Å². The van der Waals surface area contributed by atoms with Crippen molar-refractivity contribution in [3.05, 3.63) is 11.1 Å². The third kappa shape index (κ3) is 3.47. The minimum atomic E-state index is -0.204. The van der Waals surface area contributed by atoms with Gasteiger partial charge in [0.05, 0.1) is 12.1 Å². The fraction of sp³-hybridized carbons (Fsp3) is 0.615. The van der Waals surface area contributed by atoms with Crippen molar-refractivity contribution in [2.45, 2.75) is 39.2 Å². The first kappa shape index (κ1) is 14.8. The van der Waals surface area contributed by atoms with Crippen molar-refractivity contribution in [3.8, 4) is 0 Å². The highest BCUT2D eigenvalue weighted by Gasteiger charge is 2.24. The lowest BCUT2D eigenvalue weighted by atomic mass is 10.0. The van der Waals surface area contributed by atoms with Crippen LogP contribution in [0.4, 0.5) is 9.93 Å². The first-order valence-electron chi connectivity index (χ1n) is 6.72. The Bertz CT molecular complexity index is 512. The topological polar surface area (TPSA) is 74.3 Å². The Balaban J connectivity index is 1.96. The minimum Gasteiger partial charge on any atom is -0.351 e. The van der Waals surface area contributed by atoms with Gasteiger partial charge in [-0.25, -0.2) is 9.78 Å². The molecule has 1 saturated heterocycles. The Kier molecular flexibility index (Phi) is 4.27. The number of urea groups is 1. The van der Waals surface area contributed by atoms with Gasteiger partial charge in [0.1, 0.15) is 0 Å². The van der Waals surface area contributed by atoms with E-state index in [1.165, 1.54) is 11.3 Å². The predicted octanol–water partition coefficient (Wildman–Crippen LogP) is 1.52. The smallest absolute Gasteiger partial charge is 0.323 e. The van der Waals surface area contributed by atoms with E-state index in [9.17, 15) is 9.59 Å². The number of aromatic nitrogens is 1. The van der Waals surface area contributed by atoms with Crippen LogP contribution in [0.15, 0.2) is 5.38 Å². The third-order valence-corrected chi connectivity index (χ3v) is 4.24. The molecule has 0 aromatic carbocycles. The van der Waals surface area contributed by atoms with E-state index in [1.807, 2.05) is 26.2 Å². The first-order chi connectivity index (χ1) is 9.41. The molecule has 1 aliphatic rings. The molecule has 0 atom stereocenters. The van der Waals surface area contributed by atoms with E-state index >= 15 is 0 Å². The molecule has 2 N–H and O–H groups in total. The number of nitrogens with zero attached hydrogens (tertiary/aromatic N) is 2. The van der Waals surface area contributed by atoms with Gasteiger partial charge in [-0.1, -0.05) is 6.92 Å². The molecule has 1 fully saturated rings. The molecule has 0 bridgehead atoms. The molecule has 2 heterocycles. The van der Waals surface area contributed by atoms with Gasteiger partial charge in [0.15, 0.2) is 5.13 Å². The van der Waals surface area contributed by atoms with E-state index in [-0.39, 0.29) is 23.9 Å². The number of hydrogen-bond donors (Lipinski definition) is 2. The highest BCUT2D eigenvalue weighted by Crippen LogP contribution is 2.22. The second-order valence-electron chi connectivity index (χ2n) is 5.47. The Morgan fingerprint density at radius 2 is 2.35 bits per heavy atom. The largest absolute Gasteiger partial charge is 0.351 e. The number of anilines is 1. The maximum absolute atomic E-state index is 11.9. The summed E-state index contributed by atoms with van der Waals surface area (Å²) in [4.78, 5) is 29.4. The molecule has 2 rings (SSSR count). The summed E-state index contributed by atoms with van der Waals surface area (Å²) < 4.78 is 0. The number of thiazole rings is 1. The van der Waals surface area contributed by atoms with Gasteiger partial charge in [-0.15, -0.1) is 11.3 Å². The summed E-state index contributed by atoms with van der Waals surface area (Å²) in [7, 11) is 0. The summed E-state index contributed by atoms with van der Waals surface area (Å²) in [6, 6.07) is -0.123. The summed E-state index contributed by atoms with van der Waals surface area (Å²) in [5, 5.41) is 8.19. The number of hydrogen-bond acceptors (Lipinski definition) is 4. The molecule has 0 aliphatic carbocycles. The fourth-order valence-electron chi connectivity index (χ4n) is 1.83. The van der Waals surface area contributed by atoms with Crippen molar-refractivity contribution in [2.24, 2.45) is 0 Å². The van der Waals surface area contributed by atoms with Gasteiger partial charge in [0.2, 0.25) is 5.91 Å². The Hall–Kier alpha value is -1.63. The molecule has 0 saturated carbocycles. The quantitative estimate of drug-likeness (QED) is 0.865. The highest BCUT2D eigenvalue weighted by molar-refractivity contribution is 7.14. The van der Waals surface area contributed by atoms with Gasteiger partial charge >= 0.3 is 6.03 Å². The maximum atomic E-state index is 11.9. The van der Waals surface area contributed by atoms with Crippen LogP contribution in [0, 0.1) is 0 Å². The standard InChI is InChI=1S/C13H20N4O2S/c1-4-13(2,3)16-10(18)7-9-8-20-12(15-9)17-6-5-14-11(17)19/h8H,4-7H2,1-3H3,(H,14,19)(H,16,18). The molecule has 3 amide bonds. The number of carbonyl (C=O) groups excluding carboxylic acids is 2. The number of amides is 3. The molecule has 0 radical (unpaired) electrons. The molecule has 20 heavy (non-hydrogen) atoms. The van der Waals surface area contributed by atoms with Crippen molar-refractivity contribution in [1.82, 2.24) is 15.6 Å². The molecule has 0 unspecified atom stereocenters. The molecule has 7 heteroatoms. The molecule has 110 valence electrons. The molecule has 1 aliphatic heterocycles. The van der Waals surface area contributed by atoms with E-state index in [1.54, 1.807) is 4.90 Å². The lowest BCUT2D eigenvalue weighted by Crippen LogP contribution is -2.43. The highest BCUT2D eigenvalue weighted by atomic mass is 32.1. The van der Waals surface area contributed by atoms with Crippen LogP contribution in [-0.2, 0) is 11.2 Å². The van der Waals surface area contributed by atoms with Gasteiger partial charge in [-0.3, -0.25) is 9.69 Å². The maximum Gasteiger partial charge on any atom is 0.323 e. The zero-order chi connectivity index (χ0) is 14.8. The third-order valence-electron chi connectivity index (χ3n) is 3.33. The van der Waals surface area contributed by atoms with Crippen LogP contribution in [0.5, 0.6) is 0 Å². The van der Waals surface area contributed by atoms with Crippen molar-refractivity contribution in [1.29, 1.82) is 0 Å². The predicted molar refractivity (Wildman–Crippen MR) is 79.1 cm³/mol. The molecule has 6 nitrogen and oxygen atoms in total. The van der Waals surface area contributed by atoms with Crippen LogP contribution in [0.2, 0.25) is 0 Å². The van der Waals surface area contributed by atoms with E-state index in [4.69, 9.17) is 0 Å². The normalized spacial score (nSPS) is 15.3. The van der Waals surface area contributed by atoms with Crippen molar-refractivity contribution in [3.63, 3.8) is 0 Å². The average molecular weight is 296 g/mol. The lowest BCUT2D eigenvalue weighted by Gasteiger charge is -2.24. The molecule has 1 aromatic heterocycles. The number of rotatable bonds is 5. The van der Waals surface area contributed by atoms with Crippen LogP contribution in [0.1, 0.15) is 32.9 Å². The zero-order valence-electron chi connectivity index (χ0n) is 12.0. The Morgan fingerprint density at radius 1 is 1.60 bits per heavy atom. The van der Waals surface area contributed by atoms with Crippen LogP contribution in [0.3, 0.4) is 0 Å². The summed E-state index contributed by atoms with van der Waals surface area (Å²) in [5.41, 5.74) is 0.499. The second-order valence-corrected chi connectivity index (χ2v) is 6.30. The van der Waals surface area contributed by atoms with E-state index in [2.05, 4.69) is 15.6 Å². The minimum absolute atomic E-state index is 0.0421. The van der Waals surface area contributed by atoms with E-state index in [0.717, 1.165) is 6.42 Å². The van der Waals surface area contributed by atoms with Crippen LogP contribution in [0.25, 0.3) is 0 Å². The van der Waals surface area contributed by atoms with E-state index < -0.39 is 0 Å². The van der Waals surface area contributed by atoms with Crippen molar-refractivity contribution >= 4 is 28.4 Å². The van der Waals surface area contributed by atoms with Gasteiger partial charge in [0.25, 0.3) is 0 Å². The lowest BCUT2D eigenvalue weighted by molar-refractivity contribution is -0.122. The summed E-state index contributed by atoms with van der Waals surface area (Å²) in [6.45, 7) is 7.28.